The van der Waals surface area contributed by atoms with Gasteiger partial charge in [0.15, 0.2) is 0 Å². The lowest BCUT2D eigenvalue weighted by molar-refractivity contribution is 0.0734. The summed E-state index contributed by atoms with van der Waals surface area (Å²) >= 11 is 6.82. The van der Waals surface area contributed by atoms with E-state index in [0.717, 1.165) is 25.8 Å². The number of hydrogen-bond donors (Lipinski definition) is 0. The van der Waals surface area contributed by atoms with Gasteiger partial charge in [-0.15, -0.1) is 0 Å². The third-order valence-electron chi connectivity index (χ3n) is 5.33. The van der Waals surface area contributed by atoms with Gasteiger partial charge in [-0.2, -0.15) is 0 Å². The highest BCUT2D eigenvalue weighted by Crippen LogP contribution is 2.41. The van der Waals surface area contributed by atoms with Gasteiger partial charge < -0.3 is 4.74 Å². The number of carbonyl (C=O) groups is 2. The van der Waals surface area contributed by atoms with Crippen molar-refractivity contribution >= 4 is 55.0 Å². The van der Waals surface area contributed by atoms with E-state index in [-0.39, 0.29) is 5.91 Å². The van der Waals surface area contributed by atoms with Crippen molar-refractivity contribution in [3.63, 3.8) is 0 Å². The Morgan fingerprint density at radius 1 is 0.875 bits per heavy atom. The lowest BCUT2D eigenvalue weighted by Gasteiger charge is -2.41. The van der Waals surface area contributed by atoms with E-state index in [0.29, 0.717) is 16.9 Å². The molecule has 3 aromatic carbocycles. The maximum atomic E-state index is 13.5. The summed E-state index contributed by atoms with van der Waals surface area (Å²) in [7, 11) is 0. The van der Waals surface area contributed by atoms with E-state index < -0.39 is 11.5 Å². The van der Waals surface area contributed by atoms with Gasteiger partial charge in [-0.1, -0.05) is 50.1 Å². The Balaban J connectivity index is 1.70. The van der Waals surface area contributed by atoms with Crippen LogP contribution in [-0.2, 0) is 0 Å². The van der Waals surface area contributed by atoms with E-state index in [1.807, 2.05) is 63.2 Å². The number of esters is 1. The Labute approximate surface area is 204 Å². The minimum absolute atomic E-state index is 0.0971. The van der Waals surface area contributed by atoms with Crippen LogP contribution in [0.4, 0.5) is 5.69 Å². The Hall–Kier alpha value is -2.70. The SMILES string of the molecule is CC1=CC(C)(C)N(C(=O)c2cccc(Br)c2)c2ccc(OC(=O)c3cccc(Br)c3)cc21. The fourth-order valence-electron chi connectivity index (χ4n) is 3.98. The standard InChI is InChI=1S/C26H21Br2NO3/c1-16-15-26(2,3)29(24(30)17-6-4-8-19(27)12-17)23-11-10-21(14-22(16)23)32-25(31)18-7-5-9-20(28)13-18/h4-15H,1-3H3. The molecule has 4 nitrogen and oxygen atoms in total. The molecular formula is C26H21Br2NO3. The average molecular weight is 555 g/mol. The van der Waals surface area contributed by atoms with Crippen LogP contribution in [0.15, 0.2) is 81.8 Å². The van der Waals surface area contributed by atoms with Gasteiger partial charge in [0, 0.05) is 20.1 Å². The molecule has 162 valence electrons. The lowest BCUT2D eigenvalue weighted by atomic mass is 9.88. The van der Waals surface area contributed by atoms with Crippen molar-refractivity contribution in [1.29, 1.82) is 0 Å². The van der Waals surface area contributed by atoms with Crippen LogP contribution in [0, 0.1) is 0 Å². The first-order chi connectivity index (χ1) is 15.2. The van der Waals surface area contributed by atoms with E-state index in [1.54, 1.807) is 29.2 Å². The number of amides is 1. The van der Waals surface area contributed by atoms with Gasteiger partial charge in [0.25, 0.3) is 5.91 Å². The third kappa shape index (κ3) is 4.43. The Bertz CT molecular complexity index is 1260. The summed E-state index contributed by atoms with van der Waals surface area (Å²) in [5.41, 5.74) is 3.18. The van der Waals surface area contributed by atoms with Crippen LogP contribution in [-0.4, -0.2) is 17.4 Å². The number of hydrogen-bond acceptors (Lipinski definition) is 3. The van der Waals surface area contributed by atoms with E-state index in [9.17, 15) is 9.59 Å². The van der Waals surface area contributed by atoms with Crippen LogP contribution in [0.1, 0.15) is 47.1 Å². The number of carbonyl (C=O) groups excluding carboxylic acids is 2. The quantitative estimate of drug-likeness (QED) is 0.252. The highest BCUT2D eigenvalue weighted by Gasteiger charge is 2.36. The normalized spacial score (nSPS) is 14.4. The second-order valence-corrected chi connectivity index (χ2v) is 10.0. The number of fused-ring (bicyclic) bond motifs is 1. The van der Waals surface area contributed by atoms with Gasteiger partial charge in [0.05, 0.1) is 16.8 Å². The van der Waals surface area contributed by atoms with Crippen LogP contribution in [0.2, 0.25) is 0 Å². The Morgan fingerprint density at radius 3 is 2.16 bits per heavy atom. The topological polar surface area (TPSA) is 46.6 Å². The number of benzene rings is 3. The lowest BCUT2D eigenvalue weighted by Crippen LogP contribution is -2.49. The number of rotatable bonds is 3. The Kier molecular flexibility index (Phi) is 6.10. The molecule has 0 saturated carbocycles. The monoisotopic (exact) mass is 553 g/mol. The van der Waals surface area contributed by atoms with E-state index >= 15 is 0 Å². The first-order valence-corrected chi connectivity index (χ1v) is 11.7. The number of ether oxygens (including phenoxy) is 1. The van der Waals surface area contributed by atoms with Crippen molar-refractivity contribution in [2.24, 2.45) is 0 Å². The molecule has 0 fully saturated rings. The first-order valence-electron chi connectivity index (χ1n) is 10.1. The summed E-state index contributed by atoms with van der Waals surface area (Å²) in [6.07, 6.45) is 2.06. The minimum atomic E-state index is -0.523. The van der Waals surface area contributed by atoms with Crippen molar-refractivity contribution in [1.82, 2.24) is 0 Å². The summed E-state index contributed by atoms with van der Waals surface area (Å²) in [5.74, 6) is -0.109. The van der Waals surface area contributed by atoms with Gasteiger partial charge >= 0.3 is 5.97 Å². The minimum Gasteiger partial charge on any atom is -0.423 e. The van der Waals surface area contributed by atoms with Crippen molar-refractivity contribution in [2.45, 2.75) is 26.3 Å². The molecule has 0 aromatic heterocycles. The molecule has 0 unspecified atom stereocenters. The molecule has 0 radical (unpaired) electrons. The molecule has 0 bridgehead atoms. The van der Waals surface area contributed by atoms with Gasteiger partial charge in [-0.3, -0.25) is 9.69 Å². The predicted octanol–water partition coefficient (Wildman–Crippen LogP) is 7.27. The zero-order chi connectivity index (χ0) is 23.0. The predicted molar refractivity (Wildman–Crippen MR) is 134 cm³/mol. The van der Waals surface area contributed by atoms with Crippen LogP contribution in [0.3, 0.4) is 0 Å². The zero-order valence-electron chi connectivity index (χ0n) is 17.9. The van der Waals surface area contributed by atoms with Gasteiger partial charge in [0.2, 0.25) is 0 Å². The van der Waals surface area contributed by atoms with Gasteiger partial charge in [-0.05, 0) is 80.9 Å². The molecule has 1 aliphatic rings. The van der Waals surface area contributed by atoms with E-state index in [4.69, 9.17) is 4.74 Å². The summed E-state index contributed by atoms with van der Waals surface area (Å²) in [6.45, 7) is 6.02. The average Bonchev–Trinajstić information content (AvgIpc) is 2.73. The fourth-order valence-corrected chi connectivity index (χ4v) is 4.77. The fraction of sp³-hybridized carbons (Fsp3) is 0.154. The molecule has 1 aliphatic heterocycles. The molecule has 0 saturated heterocycles. The van der Waals surface area contributed by atoms with Gasteiger partial charge in [0.1, 0.15) is 5.75 Å². The largest absolute Gasteiger partial charge is 0.423 e. The van der Waals surface area contributed by atoms with Crippen molar-refractivity contribution in [3.8, 4) is 5.75 Å². The van der Waals surface area contributed by atoms with Crippen LogP contribution in [0.25, 0.3) is 5.57 Å². The third-order valence-corrected chi connectivity index (χ3v) is 6.31. The first kappa shape index (κ1) is 22.5. The van der Waals surface area contributed by atoms with Crippen LogP contribution in [0.5, 0.6) is 5.75 Å². The smallest absolute Gasteiger partial charge is 0.343 e. The maximum Gasteiger partial charge on any atom is 0.343 e. The number of halogens is 2. The molecular weight excluding hydrogens is 534 g/mol. The second-order valence-electron chi connectivity index (χ2n) is 8.21. The molecule has 0 aliphatic carbocycles. The number of allylic oxidation sites excluding steroid dienone is 1. The second kappa shape index (κ2) is 8.68. The molecule has 6 heteroatoms. The van der Waals surface area contributed by atoms with Crippen LogP contribution < -0.4 is 9.64 Å². The number of nitrogens with zero attached hydrogens (tertiary/aromatic N) is 1. The van der Waals surface area contributed by atoms with Crippen molar-refractivity contribution in [3.05, 3.63) is 98.4 Å². The molecule has 1 amide bonds. The van der Waals surface area contributed by atoms with Crippen molar-refractivity contribution in [2.75, 3.05) is 4.90 Å². The number of anilines is 1. The summed E-state index contributed by atoms with van der Waals surface area (Å²) in [6, 6.07) is 19.8. The molecule has 4 rings (SSSR count). The molecule has 0 atom stereocenters. The summed E-state index contributed by atoms with van der Waals surface area (Å²) in [4.78, 5) is 27.9. The maximum absolute atomic E-state index is 13.5. The molecule has 1 heterocycles. The highest BCUT2D eigenvalue weighted by atomic mass is 79.9. The molecule has 0 spiro atoms. The van der Waals surface area contributed by atoms with E-state index in [2.05, 4.69) is 37.9 Å². The van der Waals surface area contributed by atoms with E-state index in [1.165, 1.54) is 0 Å². The zero-order valence-corrected chi connectivity index (χ0v) is 21.0. The highest BCUT2D eigenvalue weighted by molar-refractivity contribution is 9.10. The molecule has 32 heavy (non-hydrogen) atoms. The molecule has 3 aromatic rings. The van der Waals surface area contributed by atoms with Crippen molar-refractivity contribution < 1.29 is 14.3 Å². The summed E-state index contributed by atoms with van der Waals surface area (Å²) < 4.78 is 7.27. The van der Waals surface area contributed by atoms with Crippen LogP contribution >= 0.6 is 31.9 Å². The molecule has 0 N–H and O–H groups in total. The van der Waals surface area contributed by atoms with Gasteiger partial charge in [-0.25, -0.2) is 4.79 Å². The Morgan fingerprint density at radius 2 is 1.50 bits per heavy atom. The summed E-state index contributed by atoms with van der Waals surface area (Å²) in [5, 5.41) is 0.